The van der Waals surface area contributed by atoms with E-state index in [4.69, 9.17) is 5.11 Å². The molecule has 120 valence electrons. The van der Waals surface area contributed by atoms with Gasteiger partial charge in [0.05, 0.1) is 7.11 Å². The second-order valence-electron chi connectivity index (χ2n) is 4.46. The molecule has 1 aromatic carbocycles. The minimum Gasteiger partial charge on any atom is -0.481 e. The van der Waals surface area contributed by atoms with Crippen LogP contribution in [0.25, 0.3) is 0 Å². The fraction of sp³-hybridized carbons (Fsp3) is 0.357. The highest BCUT2D eigenvalue weighted by Crippen LogP contribution is 2.22. The Labute approximate surface area is 126 Å². The topological polar surface area (TPSA) is 105 Å². The molecule has 0 saturated carbocycles. The van der Waals surface area contributed by atoms with Gasteiger partial charge < -0.3 is 20.5 Å². The molecule has 0 bridgehead atoms. The lowest BCUT2D eigenvalue weighted by molar-refractivity contribution is -0.137. The second kappa shape index (κ2) is 7.96. The second-order valence-corrected chi connectivity index (χ2v) is 4.46. The molecule has 0 radical (unpaired) electrons. The number of halogens is 1. The maximum Gasteiger partial charge on any atom is 0.341 e. The predicted octanol–water partition coefficient (Wildman–Crippen LogP) is 1.91. The zero-order valence-electron chi connectivity index (χ0n) is 12.2. The third-order valence-corrected chi connectivity index (χ3v) is 2.90. The van der Waals surface area contributed by atoms with Crippen molar-refractivity contribution >= 4 is 23.7 Å². The van der Waals surface area contributed by atoms with Crippen molar-refractivity contribution in [2.45, 2.75) is 19.8 Å². The monoisotopic (exact) mass is 312 g/mol. The summed E-state index contributed by atoms with van der Waals surface area (Å²) in [5.41, 5.74) is 0.260. The molecule has 7 nitrogen and oxygen atoms in total. The van der Waals surface area contributed by atoms with Crippen LogP contribution >= 0.6 is 0 Å². The first-order valence-corrected chi connectivity index (χ1v) is 6.51. The number of anilines is 1. The van der Waals surface area contributed by atoms with Crippen molar-refractivity contribution in [3.05, 3.63) is 29.1 Å². The summed E-state index contributed by atoms with van der Waals surface area (Å²) in [7, 11) is 1.14. The minimum atomic E-state index is -0.945. The molecule has 8 heteroatoms. The number of carboxylic acid groups (broad SMARTS) is 1. The fourth-order valence-electron chi connectivity index (χ4n) is 1.77. The third-order valence-electron chi connectivity index (χ3n) is 2.90. The maximum atomic E-state index is 13.6. The van der Waals surface area contributed by atoms with Gasteiger partial charge in [-0.15, -0.1) is 0 Å². The maximum absolute atomic E-state index is 13.6. The number of hydrogen-bond donors (Lipinski definition) is 3. The summed E-state index contributed by atoms with van der Waals surface area (Å²) < 4.78 is 18.1. The molecule has 0 atom stereocenters. The van der Waals surface area contributed by atoms with Gasteiger partial charge in [0.15, 0.2) is 0 Å². The Balaban J connectivity index is 2.71. The normalized spacial score (nSPS) is 9.95. The zero-order valence-corrected chi connectivity index (χ0v) is 12.2. The molecule has 1 rings (SSSR count). The van der Waals surface area contributed by atoms with Crippen molar-refractivity contribution < 1.29 is 28.6 Å². The van der Waals surface area contributed by atoms with E-state index in [1.807, 2.05) is 0 Å². The van der Waals surface area contributed by atoms with Gasteiger partial charge in [-0.1, -0.05) is 0 Å². The van der Waals surface area contributed by atoms with E-state index in [9.17, 15) is 18.8 Å². The minimum absolute atomic E-state index is 0.0532. The molecule has 0 unspecified atom stereocenters. The first-order valence-electron chi connectivity index (χ1n) is 6.51. The van der Waals surface area contributed by atoms with E-state index in [1.54, 1.807) is 0 Å². The number of benzene rings is 1. The Hall–Kier alpha value is -2.64. The molecule has 2 amide bonds. The summed E-state index contributed by atoms with van der Waals surface area (Å²) in [6.45, 7) is 1.66. The van der Waals surface area contributed by atoms with Crippen LogP contribution in [0.3, 0.4) is 0 Å². The van der Waals surface area contributed by atoms with Crippen molar-refractivity contribution in [2.75, 3.05) is 19.0 Å². The SMILES string of the molecule is COC(=O)c1c(F)ccc(NC(=O)NCCCC(=O)O)c1C. The van der Waals surface area contributed by atoms with E-state index in [0.29, 0.717) is 6.42 Å². The number of esters is 1. The van der Waals surface area contributed by atoms with Gasteiger partial charge in [-0.25, -0.2) is 14.0 Å². The van der Waals surface area contributed by atoms with Gasteiger partial charge in [0.2, 0.25) is 0 Å². The quantitative estimate of drug-likeness (QED) is 0.550. The highest BCUT2D eigenvalue weighted by Gasteiger charge is 2.18. The molecule has 0 heterocycles. The number of methoxy groups -OCH3 is 1. The first-order chi connectivity index (χ1) is 10.4. The molecule has 22 heavy (non-hydrogen) atoms. The molecule has 0 saturated heterocycles. The van der Waals surface area contributed by atoms with Crippen LogP contribution in [0.2, 0.25) is 0 Å². The number of ether oxygens (including phenoxy) is 1. The van der Waals surface area contributed by atoms with E-state index in [2.05, 4.69) is 15.4 Å². The lowest BCUT2D eigenvalue weighted by atomic mass is 10.1. The standard InChI is InChI=1S/C14H17FN2O5/c1-8-10(6-5-9(15)12(8)13(20)22-2)17-14(21)16-7-3-4-11(18)19/h5-6H,3-4,7H2,1-2H3,(H,18,19)(H2,16,17,21). The predicted molar refractivity (Wildman–Crippen MR) is 76.4 cm³/mol. The number of aliphatic carboxylic acids is 1. The Morgan fingerprint density at radius 2 is 2.00 bits per heavy atom. The van der Waals surface area contributed by atoms with Crippen LogP contribution < -0.4 is 10.6 Å². The number of carboxylic acids is 1. The van der Waals surface area contributed by atoms with Crippen molar-refractivity contribution in [3.63, 3.8) is 0 Å². The number of carbonyl (C=O) groups is 3. The van der Waals surface area contributed by atoms with E-state index >= 15 is 0 Å². The van der Waals surface area contributed by atoms with Gasteiger partial charge in [-0.3, -0.25) is 4.79 Å². The van der Waals surface area contributed by atoms with Crippen LogP contribution in [0, 0.1) is 12.7 Å². The van der Waals surface area contributed by atoms with Gasteiger partial charge >= 0.3 is 18.0 Å². The van der Waals surface area contributed by atoms with Crippen LogP contribution in [0.5, 0.6) is 0 Å². The summed E-state index contributed by atoms with van der Waals surface area (Å²) >= 11 is 0. The van der Waals surface area contributed by atoms with Crippen molar-refractivity contribution in [1.29, 1.82) is 0 Å². The smallest absolute Gasteiger partial charge is 0.341 e. The number of amides is 2. The summed E-state index contributed by atoms with van der Waals surface area (Å²) in [5, 5.41) is 13.4. The van der Waals surface area contributed by atoms with Gasteiger partial charge in [-0.05, 0) is 31.0 Å². The molecule has 0 aliphatic carbocycles. The highest BCUT2D eigenvalue weighted by atomic mass is 19.1. The molecular weight excluding hydrogens is 295 g/mol. The average Bonchev–Trinajstić information content (AvgIpc) is 2.46. The summed E-state index contributed by atoms with van der Waals surface area (Å²) in [6.07, 6.45) is 0.237. The molecular formula is C14H17FN2O5. The number of rotatable bonds is 6. The zero-order chi connectivity index (χ0) is 16.7. The van der Waals surface area contributed by atoms with E-state index in [-0.39, 0.29) is 29.8 Å². The summed E-state index contributed by atoms with van der Waals surface area (Å²) in [4.78, 5) is 33.5. The molecule has 0 aliphatic heterocycles. The highest BCUT2D eigenvalue weighted by molar-refractivity contribution is 5.96. The van der Waals surface area contributed by atoms with Crippen LogP contribution in [0.15, 0.2) is 12.1 Å². The fourth-order valence-corrected chi connectivity index (χ4v) is 1.77. The number of urea groups is 1. The Kier molecular flexibility index (Phi) is 6.30. The van der Waals surface area contributed by atoms with E-state index in [1.165, 1.54) is 13.0 Å². The van der Waals surface area contributed by atoms with E-state index < -0.39 is 23.8 Å². The van der Waals surface area contributed by atoms with Crippen LogP contribution in [-0.2, 0) is 9.53 Å². The molecule has 0 spiro atoms. The number of carbonyl (C=O) groups excluding carboxylic acids is 2. The Morgan fingerprint density at radius 1 is 1.32 bits per heavy atom. The number of nitrogens with one attached hydrogen (secondary N) is 2. The van der Waals surface area contributed by atoms with Crippen molar-refractivity contribution in [1.82, 2.24) is 5.32 Å². The van der Waals surface area contributed by atoms with Gasteiger partial charge in [0.25, 0.3) is 0 Å². The Bertz CT molecular complexity index is 589. The molecule has 0 aliphatic rings. The van der Waals surface area contributed by atoms with Crippen LogP contribution in [0.4, 0.5) is 14.9 Å². The molecule has 1 aromatic rings. The van der Waals surface area contributed by atoms with Gasteiger partial charge in [0, 0.05) is 18.7 Å². The lowest BCUT2D eigenvalue weighted by Crippen LogP contribution is -2.30. The van der Waals surface area contributed by atoms with Crippen LogP contribution in [0.1, 0.15) is 28.8 Å². The van der Waals surface area contributed by atoms with Crippen molar-refractivity contribution in [3.8, 4) is 0 Å². The van der Waals surface area contributed by atoms with Crippen LogP contribution in [-0.4, -0.2) is 36.7 Å². The average molecular weight is 312 g/mol. The molecule has 3 N–H and O–H groups in total. The van der Waals surface area contributed by atoms with Crippen molar-refractivity contribution in [2.24, 2.45) is 0 Å². The third kappa shape index (κ3) is 4.72. The largest absolute Gasteiger partial charge is 0.481 e. The molecule has 0 aromatic heterocycles. The first kappa shape index (κ1) is 17.4. The number of hydrogen-bond acceptors (Lipinski definition) is 4. The summed E-state index contributed by atoms with van der Waals surface area (Å²) in [5.74, 6) is -2.52. The Morgan fingerprint density at radius 3 is 2.59 bits per heavy atom. The summed E-state index contributed by atoms with van der Waals surface area (Å²) in [6, 6.07) is 1.81. The van der Waals surface area contributed by atoms with E-state index in [0.717, 1.165) is 13.2 Å². The van der Waals surface area contributed by atoms with Gasteiger partial charge in [-0.2, -0.15) is 0 Å². The lowest BCUT2D eigenvalue weighted by Gasteiger charge is -2.12. The molecule has 0 fully saturated rings. The van der Waals surface area contributed by atoms with Gasteiger partial charge in [0.1, 0.15) is 11.4 Å².